The molecule has 8 heteroatoms. The minimum absolute atomic E-state index is 0.154. The predicted molar refractivity (Wildman–Crippen MR) is 101 cm³/mol. The molecule has 0 bridgehead atoms. The van der Waals surface area contributed by atoms with Crippen LogP contribution in [0.4, 0.5) is 5.69 Å². The molecule has 5 nitrogen and oxygen atoms in total. The lowest BCUT2D eigenvalue weighted by Crippen LogP contribution is -2.41. The van der Waals surface area contributed by atoms with Gasteiger partial charge in [-0.25, -0.2) is 8.42 Å². The summed E-state index contributed by atoms with van der Waals surface area (Å²) in [4.78, 5) is 12.4. The van der Waals surface area contributed by atoms with E-state index < -0.39 is 22.0 Å². The summed E-state index contributed by atoms with van der Waals surface area (Å²) in [5.74, 6) is -0.507. The van der Waals surface area contributed by atoms with Crippen molar-refractivity contribution in [3.63, 3.8) is 0 Å². The molecular weight excluding hydrogens is 383 g/mol. The van der Waals surface area contributed by atoms with E-state index in [0.717, 1.165) is 5.56 Å². The molecule has 0 fully saturated rings. The second-order valence-corrected chi connectivity index (χ2v) is 8.23. The molecule has 0 saturated heterocycles. The first-order valence-corrected chi connectivity index (χ1v) is 9.69. The highest BCUT2D eigenvalue weighted by Gasteiger charge is 2.23. The zero-order valence-electron chi connectivity index (χ0n) is 13.9. The number of hydrogen-bond acceptors (Lipinski definition) is 3. The zero-order chi connectivity index (χ0) is 18.8. The Morgan fingerprint density at radius 2 is 1.72 bits per heavy atom. The number of carbonyl (C=O) groups is 1. The van der Waals surface area contributed by atoms with Crippen molar-refractivity contribution in [2.24, 2.45) is 0 Å². The van der Waals surface area contributed by atoms with Gasteiger partial charge in [-0.15, -0.1) is 0 Å². The Labute approximate surface area is 157 Å². The second-order valence-electron chi connectivity index (χ2n) is 5.73. The molecule has 0 unspecified atom stereocenters. The van der Waals surface area contributed by atoms with Crippen molar-refractivity contribution in [1.82, 2.24) is 4.72 Å². The van der Waals surface area contributed by atoms with E-state index in [2.05, 4.69) is 10.0 Å². The highest BCUT2D eigenvalue weighted by Crippen LogP contribution is 2.25. The normalized spacial score (nSPS) is 12.7. The van der Waals surface area contributed by atoms with Crippen LogP contribution in [0.2, 0.25) is 10.0 Å². The molecule has 0 aliphatic carbocycles. The van der Waals surface area contributed by atoms with Crippen molar-refractivity contribution in [3.05, 3.63) is 57.6 Å². The lowest BCUT2D eigenvalue weighted by atomic mass is 10.2. The Hall–Kier alpha value is -1.60. The fourth-order valence-electron chi connectivity index (χ4n) is 2.17. The van der Waals surface area contributed by atoms with Crippen LogP contribution in [0, 0.1) is 13.8 Å². The van der Waals surface area contributed by atoms with Crippen LogP contribution in [-0.4, -0.2) is 20.4 Å². The molecule has 2 aromatic rings. The van der Waals surface area contributed by atoms with Crippen molar-refractivity contribution in [1.29, 1.82) is 0 Å². The molecule has 0 radical (unpaired) electrons. The summed E-state index contributed by atoms with van der Waals surface area (Å²) in [7, 11) is -3.82. The van der Waals surface area contributed by atoms with Crippen LogP contribution >= 0.6 is 23.2 Å². The fourth-order valence-corrected chi connectivity index (χ4v) is 4.00. The number of benzene rings is 2. The first-order valence-electron chi connectivity index (χ1n) is 7.45. The molecule has 1 atom stereocenters. The van der Waals surface area contributed by atoms with Gasteiger partial charge in [-0.2, -0.15) is 4.72 Å². The molecule has 0 saturated carbocycles. The standard InChI is InChI=1S/C17H18Cl2N2O3S/c1-10-4-5-11(2)16(8-10)25(23,24)21-12(3)17(22)20-13-6-7-14(18)15(19)9-13/h4-9,12,21H,1-3H3,(H,20,22)/t12-/m0/s1. The Kier molecular flexibility index (Phi) is 6.11. The molecule has 0 heterocycles. The van der Waals surface area contributed by atoms with Gasteiger partial charge in [0, 0.05) is 5.69 Å². The van der Waals surface area contributed by atoms with E-state index in [4.69, 9.17) is 23.2 Å². The van der Waals surface area contributed by atoms with Crippen LogP contribution in [0.25, 0.3) is 0 Å². The summed E-state index contributed by atoms with van der Waals surface area (Å²) in [6, 6.07) is 8.77. The van der Waals surface area contributed by atoms with E-state index in [0.29, 0.717) is 21.3 Å². The van der Waals surface area contributed by atoms with E-state index >= 15 is 0 Å². The minimum Gasteiger partial charge on any atom is -0.325 e. The number of sulfonamides is 1. The Balaban J connectivity index is 2.14. The molecule has 1 amide bonds. The van der Waals surface area contributed by atoms with Crippen LogP contribution in [0.3, 0.4) is 0 Å². The number of carbonyl (C=O) groups excluding carboxylic acids is 1. The van der Waals surface area contributed by atoms with E-state index in [1.807, 2.05) is 6.07 Å². The summed E-state index contributed by atoms with van der Waals surface area (Å²) in [6.45, 7) is 4.98. The van der Waals surface area contributed by atoms with Gasteiger partial charge >= 0.3 is 0 Å². The minimum atomic E-state index is -3.82. The van der Waals surface area contributed by atoms with Crippen molar-refractivity contribution in [2.75, 3.05) is 5.32 Å². The first kappa shape index (κ1) is 19.7. The summed E-state index contributed by atoms with van der Waals surface area (Å²) < 4.78 is 27.5. The number of anilines is 1. The van der Waals surface area contributed by atoms with Crippen molar-refractivity contribution in [3.8, 4) is 0 Å². The topological polar surface area (TPSA) is 75.3 Å². The number of halogens is 2. The lowest BCUT2D eigenvalue weighted by Gasteiger charge is -2.16. The highest BCUT2D eigenvalue weighted by molar-refractivity contribution is 7.89. The highest BCUT2D eigenvalue weighted by atomic mass is 35.5. The van der Waals surface area contributed by atoms with Crippen molar-refractivity contribution in [2.45, 2.75) is 31.7 Å². The number of amides is 1. The predicted octanol–water partition coefficient (Wildman–Crippen LogP) is 3.92. The first-order chi connectivity index (χ1) is 11.6. The average molecular weight is 401 g/mol. The van der Waals surface area contributed by atoms with E-state index in [1.165, 1.54) is 13.0 Å². The summed E-state index contributed by atoms with van der Waals surface area (Å²) >= 11 is 11.7. The van der Waals surface area contributed by atoms with E-state index in [-0.39, 0.29) is 4.90 Å². The van der Waals surface area contributed by atoms with E-state index in [9.17, 15) is 13.2 Å². The maximum Gasteiger partial charge on any atom is 0.242 e. The van der Waals surface area contributed by atoms with Crippen LogP contribution < -0.4 is 10.0 Å². The van der Waals surface area contributed by atoms with Crippen LogP contribution in [0.5, 0.6) is 0 Å². The van der Waals surface area contributed by atoms with Gasteiger partial charge in [0.05, 0.1) is 21.0 Å². The van der Waals surface area contributed by atoms with Crippen molar-refractivity contribution >= 4 is 44.8 Å². The van der Waals surface area contributed by atoms with Crippen LogP contribution in [0.15, 0.2) is 41.3 Å². The van der Waals surface area contributed by atoms with Gasteiger partial charge in [-0.1, -0.05) is 35.3 Å². The van der Waals surface area contributed by atoms with Gasteiger partial charge in [0.15, 0.2) is 0 Å². The molecule has 2 N–H and O–H groups in total. The Morgan fingerprint density at radius 3 is 2.36 bits per heavy atom. The zero-order valence-corrected chi connectivity index (χ0v) is 16.3. The van der Waals surface area contributed by atoms with Crippen LogP contribution in [-0.2, 0) is 14.8 Å². The molecule has 0 spiro atoms. The van der Waals surface area contributed by atoms with E-state index in [1.54, 1.807) is 38.1 Å². The smallest absolute Gasteiger partial charge is 0.242 e. The monoisotopic (exact) mass is 400 g/mol. The van der Waals surface area contributed by atoms with Crippen molar-refractivity contribution < 1.29 is 13.2 Å². The van der Waals surface area contributed by atoms with Gasteiger partial charge in [-0.3, -0.25) is 4.79 Å². The van der Waals surface area contributed by atoms with Gasteiger partial charge in [-0.05, 0) is 56.2 Å². The number of hydrogen-bond donors (Lipinski definition) is 2. The largest absolute Gasteiger partial charge is 0.325 e. The third-order valence-corrected chi connectivity index (χ3v) is 5.97. The lowest BCUT2D eigenvalue weighted by molar-refractivity contribution is -0.117. The molecule has 0 aliphatic heterocycles. The molecule has 2 rings (SSSR count). The van der Waals surface area contributed by atoms with Gasteiger partial charge in [0.25, 0.3) is 0 Å². The van der Waals surface area contributed by atoms with Gasteiger partial charge < -0.3 is 5.32 Å². The third kappa shape index (κ3) is 4.95. The SMILES string of the molecule is Cc1ccc(C)c(S(=O)(=O)N[C@@H](C)C(=O)Nc2ccc(Cl)c(Cl)c2)c1. The Morgan fingerprint density at radius 1 is 1.04 bits per heavy atom. The quantitative estimate of drug-likeness (QED) is 0.798. The second kappa shape index (κ2) is 7.74. The molecule has 2 aromatic carbocycles. The fraction of sp³-hybridized carbons (Fsp3) is 0.235. The van der Waals surface area contributed by atoms with Crippen LogP contribution in [0.1, 0.15) is 18.1 Å². The molecular formula is C17H18Cl2N2O3S. The summed E-state index contributed by atoms with van der Waals surface area (Å²) in [5, 5.41) is 3.26. The number of rotatable bonds is 5. The Bertz CT molecular complexity index is 914. The molecule has 0 aromatic heterocycles. The molecule has 0 aliphatic rings. The third-order valence-electron chi connectivity index (χ3n) is 3.55. The average Bonchev–Trinajstić information content (AvgIpc) is 2.52. The summed E-state index contributed by atoms with van der Waals surface area (Å²) in [6.07, 6.45) is 0. The maximum atomic E-state index is 12.5. The summed E-state index contributed by atoms with van der Waals surface area (Å²) in [5.41, 5.74) is 1.85. The maximum absolute atomic E-state index is 12.5. The number of nitrogens with one attached hydrogen (secondary N) is 2. The molecule has 134 valence electrons. The number of aryl methyl sites for hydroxylation is 2. The van der Waals surface area contributed by atoms with Gasteiger partial charge in [0.2, 0.25) is 15.9 Å². The molecule has 25 heavy (non-hydrogen) atoms. The van der Waals surface area contributed by atoms with Gasteiger partial charge in [0.1, 0.15) is 0 Å².